The first-order chi connectivity index (χ1) is 12.4. The Labute approximate surface area is 157 Å². The Morgan fingerprint density at radius 1 is 1.35 bits per heavy atom. The third-order valence-corrected chi connectivity index (χ3v) is 7.63. The van der Waals surface area contributed by atoms with Crippen LogP contribution in [0, 0.1) is 17.2 Å². The van der Waals surface area contributed by atoms with Gasteiger partial charge in [-0.2, -0.15) is 5.26 Å². The average molecular weight is 389 g/mol. The number of nitrogens with zero attached hydrogens (tertiary/aromatic N) is 1. The number of anilines is 1. The number of carbonyl (C=O) groups is 1. The number of nitriles is 1. The van der Waals surface area contributed by atoms with E-state index in [2.05, 4.69) is 18.3 Å². The monoisotopic (exact) mass is 388 g/mol. The molecule has 1 N–H and O–H groups in total. The lowest BCUT2D eigenvalue weighted by atomic mass is 9.88. The molecule has 0 fully saturated rings. The molecule has 0 unspecified atom stereocenters. The first kappa shape index (κ1) is 18.6. The van der Waals surface area contributed by atoms with Crippen molar-refractivity contribution in [2.24, 2.45) is 5.92 Å². The molecular weight excluding hydrogens is 368 g/mol. The highest BCUT2D eigenvalue weighted by Gasteiger charge is 2.25. The van der Waals surface area contributed by atoms with Crippen molar-refractivity contribution in [3.05, 3.63) is 45.8 Å². The second-order valence-corrected chi connectivity index (χ2v) is 9.93. The molecule has 136 valence electrons. The van der Waals surface area contributed by atoms with Crippen LogP contribution >= 0.6 is 11.3 Å². The van der Waals surface area contributed by atoms with Crippen molar-refractivity contribution in [3.63, 3.8) is 0 Å². The number of carbonyl (C=O) groups excluding carboxylic acids is 1. The fourth-order valence-corrected chi connectivity index (χ4v) is 5.35. The van der Waals surface area contributed by atoms with Gasteiger partial charge in [-0.05, 0) is 55.0 Å². The van der Waals surface area contributed by atoms with E-state index in [1.54, 1.807) is 6.92 Å². The average Bonchev–Trinajstić information content (AvgIpc) is 2.97. The normalized spacial score (nSPS) is 16.6. The second-order valence-electron chi connectivity index (χ2n) is 6.55. The smallest absolute Gasteiger partial charge is 0.256 e. The van der Waals surface area contributed by atoms with E-state index in [0.29, 0.717) is 22.0 Å². The van der Waals surface area contributed by atoms with Gasteiger partial charge in [0.1, 0.15) is 11.1 Å². The lowest BCUT2D eigenvalue weighted by Gasteiger charge is -2.17. The Morgan fingerprint density at radius 3 is 2.65 bits per heavy atom. The van der Waals surface area contributed by atoms with Gasteiger partial charge in [-0.1, -0.05) is 13.8 Å². The first-order valence-electron chi connectivity index (χ1n) is 8.54. The molecule has 1 aliphatic rings. The zero-order valence-corrected chi connectivity index (χ0v) is 16.3. The molecule has 1 atom stereocenters. The summed E-state index contributed by atoms with van der Waals surface area (Å²) in [5.41, 5.74) is 1.99. The van der Waals surface area contributed by atoms with E-state index < -0.39 is 9.84 Å². The van der Waals surface area contributed by atoms with Crippen LogP contribution in [-0.4, -0.2) is 20.1 Å². The summed E-state index contributed by atoms with van der Waals surface area (Å²) >= 11 is 1.47. The van der Waals surface area contributed by atoms with Crippen LogP contribution in [0.2, 0.25) is 0 Å². The number of hydrogen-bond donors (Lipinski definition) is 1. The van der Waals surface area contributed by atoms with Gasteiger partial charge >= 0.3 is 0 Å². The molecule has 1 aliphatic carbocycles. The van der Waals surface area contributed by atoms with Crippen molar-refractivity contribution in [3.8, 4) is 6.07 Å². The summed E-state index contributed by atoms with van der Waals surface area (Å²) in [6.07, 6.45) is 2.86. The van der Waals surface area contributed by atoms with Crippen LogP contribution in [0.25, 0.3) is 0 Å². The van der Waals surface area contributed by atoms with E-state index in [-0.39, 0.29) is 16.6 Å². The fourth-order valence-electron chi connectivity index (χ4n) is 3.11. The largest absolute Gasteiger partial charge is 0.312 e. The van der Waals surface area contributed by atoms with Crippen molar-refractivity contribution >= 4 is 32.1 Å². The summed E-state index contributed by atoms with van der Waals surface area (Å²) in [4.78, 5) is 13.9. The molecule has 1 heterocycles. The highest BCUT2D eigenvalue weighted by molar-refractivity contribution is 7.91. The van der Waals surface area contributed by atoms with Gasteiger partial charge in [0.2, 0.25) is 0 Å². The second kappa shape index (κ2) is 7.22. The molecule has 26 heavy (non-hydrogen) atoms. The van der Waals surface area contributed by atoms with Gasteiger partial charge in [0.05, 0.1) is 16.2 Å². The lowest BCUT2D eigenvalue weighted by Crippen LogP contribution is -2.12. The quantitative estimate of drug-likeness (QED) is 0.863. The minimum atomic E-state index is -3.29. The van der Waals surface area contributed by atoms with E-state index in [1.165, 1.54) is 40.5 Å². The fraction of sp³-hybridized carbons (Fsp3) is 0.368. The van der Waals surface area contributed by atoms with Gasteiger partial charge in [-0.15, -0.1) is 11.3 Å². The van der Waals surface area contributed by atoms with Crippen LogP contribution in [0.15, 0.2) is 29.2 Å². The Morgan fingerprint density at radius 2 is 2.04 bits per heavy atom. The number of amides is 1. The minimum absolute atomic E-state index is 0.0171. The standard InChI is InChI=1S/C19H20N2O3S2/c1-3-26(23,24)14-7-5-13(6-8-14)18(22)21-19-16(11-20)15-9-4-12(2)10-17(15)25-19/h5-8,12H,3-4,9-10H2,1-2H3,(H,21,22)/t12-/m1/s1. The van der Waals surface area contributed by atoms with Crippen LogP contribution in [0.1, 0.15) is 46.6 Å². The van der Waals surface area contributed by atoms with Crippen molar-refractivity contribution in [2.45, 2.75) is 38.0 Å². The number of hydrogen-bond acceptors (Lipinski definition) is 5. The molecule has 0 bridgehead atoms. The summed E-state index contributed by atoms with van der Waals surface area (Å²) in [5.74, 6) is 0.265. The molecule has 7 heteroatoms. The van der Waals surface area contributed by atoms with Gasteiger partial charge < -0.3 is 5.32 Å². The van der Waals surface area contributed by atoms with Gasteiger partial charge in [0.25, 0.3) is 5.91 Å². The number of nitrogens with one attached hydrogen (secondary N) is 1. The molecule has 2 aromatic rings. The van der Waals surface area contributed by atoms with Gasteiger partial charge in [-0.3, -0.25) is 4.79 Å². The maximum Gasteiger partial charge on any atom is 0.256 e. The predicted octanol–water partition coefficient (Wildman–Crippen LogP) is 3.79. The number of thiophene rings is 1. The van der Waals surface area contributed by atoms with E-state index in [4.69, 9.17) is 0 Å². The Balaban J connectivity index is 1.84. The summed E-state index contributed by atoms with van der Waals surface area (Å²) < 4.78 is 23.7. The van der Waals surface area contributed by atoms with Crippen molar-refractivity contribution in [1.29, 1.82) is 5.26 Å². The van der Waals surface area contributed by atoms with Crippen LogP contribution in [0.5, 0.6) is 0 Å². The van der Waals surface area contributed by atoms with Gasteiger partial charge in [0, 0.05) is 10.4 Å². The predicted molar refractivity (Wildman–Crippen MR) is 102 cm³/mol. The zero-order chi connectivity index (χ0) is 18.9. The van der Waals surface area contributed by atoms with Crippen molar-refractivity contribution < 1.29 is 13.2 Å². The van der Waals surface area contributed by atoms with Crippen LogP contribution in [0.4, 0.5) is 5.00 Å². The third kappa shape index (κ3) is 3.53. The number of sulfone groups is 1. The highest BCUT2D eigenvalue weighted by Crippen LogP contribution is 2.39. The minimum Gasteiger partial charge on any atom is -0.312 e. The number of rotatable bonds is 4. The van der Waals surface area contributed by atoms with Crippen LogP contribution in [0.3, 0.4) is 0 Å². The molecular formula is C19H20N2O3S2. The van der Waals surface area contributed by atoms with Gasteiger partial charge in [0.15, 0.2) is 9.84 Å². The molecule has 0 radical (unpaired) electrons. The molecule has 0 aliphatic heterocycles. The molecule has 0 saturated heterocycles. The van der Waals surface area contributed by atoms with Gasteiger partial charge in [-0.25, -0.2) is 8.42 Å². The van der Waals surface area contributed by atoms with E-state index in [0.717, 1.165) is 24.8 Å². The van der Waals surface area contributed by atoms with E-state index in [1.807, 2.05) is 0 Å². The first-order valence-corrected chi connectivity index (χ1v) is 11.0. The Bertz CT molecular complexity index is 983. The topological polar surface area (TPSA) is 87.0 Å². The maximum absolute atomic E-state index is 12.5. The zero-order valence-electron chi connectivity index (χ0n) is 14.7. The van der Waals surface area contributed by atoms with Crippen molar-refractivity contribution in [1.82, 2.24) is 0 Å². The number of fused-ring (bicyclic) bond motifs is 1. The van der Waals surface area contributed by atoms with Crippen LogP contribution < -0.4 is 5.32 Å². The third-order valence-electron chi connectivity index (χ3n) is 4.71. The summed E-state index contributed by atoms with van der Waals surface area (Å²) in [6, 6.07) is 8.12. The van der Waals surface area contributed by atoms with E-state index >= 15 is 0 Å². The summed E-state index contributed by atoms with van der Waals surface area (Å²) in [7, 11) is -3.29. The summed E-state index contributed by atoms with van der Waals surface area (Å²) in [6.45, 7) is 3.78. The SMILES string of the molecule is CCS(=O)(=O)c1ccc(C(=O)Nc2sc3c(c2C#N)CC[C@@H](C)C3)cc1. The molecule has 5 nitrogen and oxygen atoms in total. The van der Waals surface area contributed by atoms with Crippen LogP contribution in [-0.2, 0) is 22.7 Å². The lowest BCUT2D eigenvalue weighted by molar-refractivity contribution is 0.102. The molecule has 0 saturated carbocycles. The molecule has 1 aromatic carbocycles. The number of benzene rings is 1. The summed E-state index contributed by atoms with van der Waals surface area (Å²) in [5, 5.41) is 12.9. The van der Waals surface area contributed by atoms with Crippen molar-refractivity contribution in [2.75, 3.05) is 11.1 Å². The molecule has 3 rings (SSSR count). The Kier molecular flexibility index (Phi) is 5.17. The molecule has 0 spiro atoms. The molecule has 1 amide bonds. The molecule has 1 aromatic heterocycles. The van der Waals surface area contributed by atoms with E-state index in [9.17, 15) is 18.5 Å². The maximum atomic E-state index is 12.5. The highest BCUT2D eigenvalue weighted by atomic mass is 32.2. The Hall–Kier alpha value is -2.17.